The zero-order valence-corrected chi connectivity index (χ0v) is 21.0. The molecule has 1 saturated carbocycles. The van der Waals surface area contributed by atoms with Crippen LogP contribution in [0.1, 0.15) is 44.6 Å². The highest BCUT2D eigenvalue weighted by atomic mass is 127. The second-order valence-corrected chi connectivity index (χ2v) is 8.20. The highest BCUT2D eigenvalue weighted by Gasteiger charge is 2.33. The molecular weight excluding hydrogens is 491 g/mol. The van der Waals surface area contributed by atoms with E-state index in [2.05, 4.69) is 51.7 Å². The Bertz CT molecular complexity index is 627. The molecule has 2 fully saturated rings. The van der Waals surface area contributed by atoms with E-state index in [1.807, 2.05) is 7.05 Å². The normalized spacial score (nSPS) is 18.7. The largest absolute Gasteiger partial charge is 0.382 e. The highest BCUT2D eigenvalue weighted by molar-refractivity contribution is 14.0. The number of ether oxygens (including phenoxy) is 2. The van der Waals surface area contributed by atoms with Crippen LogP contribution in [0, 0.1) is 5.41 Å². The summed E-state index contributed by atoms with van der Waals surface area (Å²) in [7, 11) is 1.85. The Morgan fingerprint density at radius 1 is 1.13 bits per heavy atom. The van der Waals surface area contributed by atoms with Crippen molar-refractivity contribution in [3.8, 4) is 0 Å². The van der Waals surface area contributed by atoms with Crippen molar-refractivity contribution in [2.24, 2.45) is 10.4 Å². The third-order valence-electron chi connectivity index (χ3n) is 6.27. The summed E-state index contributed by atoms with van der Waals surface area (Å²) in [5.41, 5.74) is 2.89. The average Bonchev–Trinajstić information content (AvgIpc) is 3.24. The molecule has 0 bridgehead atoms. The van der Waals surface area contributed by atoms with Gasteiger partial charge in [0.15, 0.2) is 5.96 Å². The lowest BCUT2D eigenvalue weighted by atomic mass is 9.83. The average molecular weight is 530 g/mol. The minimum atomic E-state index is 0. The van der Waals surface area contributed by atoms with Crippen LogP contribution in [-0.4, -0.2) is 59.1 Å². The smallest absolute Gasteiger partial charge is 0.191 e. The minimum Gasteiger partial charge on any atom is -0.382 e. The van der Waals surface area contributed by atoms with Gasteiger partial charge in [0.05, 0.1) is 13.2 Å². The summed E-state index contributed by atoms with van der Waals surface area (Å²) in [6.45, 7) is 9.05. The first-order valence-electron chi connectivity index (χ1n) is 11.2. The number of halogens is 1. The number of hydrogen-bond acceptors (Lipinski definition) is 4. The Morgan fingerprint density at radius 3 is 2.47 bits per heavy atom. The maximum absolute atomic E-state index is 5.63. The van der Waals surface area contributed by atoms with Gasteiger partial charge in [-0.15, -0.1) is 24.0 Å². The van der Waals surface area contributed by atoms with Crippen LogP contribution in [0.15, 0.2) is 29.3 Å². The Labute approximate surface area is 199 Å². The Morgan fingerprint density at radius 2 is 1.83 bits per heavy atom. The molecule has 1 aromatic carbocycles. The first-order valence-corrected chi connectivity index (χ1v) is 11.2. The Kier molecular flexibility index (Phi) is 11.2. The zero-order chi connectivity index (χ0) is 20.4. The van der Waals surface area contributed by atoms with Crippen LogP contribution in [0.3, 0.4) is 0 Å². The van der Waals surface area contributed by atoms with Crippen molar-refractivity contribution in [3.63, 3.8) is 0 Å². The molecule has 0 radical (unpaired) electrons. The monoisotopic (exact) mass is 530 g/mol. The predicted molar refractivity (Wildman–Crippen MR) is 135 cm³/mol. The van der Waals surface area contributed by atoms with E-state index in [1.165, 1.54) is 36.9 Å². The van der Waals surface area contributed by atoms with E-state index in [4.69, 9.17) is 9.47 Å². The van der Waals surface area contributed by atoms with Crippen LogP contribution in [0.25, 0.3) is 0 Å². The Balaban J connectivity index is 0.00000320. The molecule has 2 aliphatic rings. The van der Waals surface area contributed by atoms with Crippen molar-refractivity contribution >= 4 is 35.6 Å². The third-order valence-corrected chi connectivity index (χ3v) is 6.27. The maximum atomic E-state index is 5.63. The molecule has 1 aromatic rings. The van der Waals surface area contributed by atoms with Crippen LogP contribution in [0.5, 0.6) is 0 Å². The lowest BCUT2D eigenvalue weighted by molar-refractivity contribution is 0.105. The molecule has 0 spiro atoms. The van der Waals surface area contributed by atoms with Gasteiger partial charge in [0.25, 0.3) is 0 Å². The third kappa shape index (κ3) is 7.57. The summed E-state index contributed by atoms with van der Waals surface area (Å²) < 4.78 is 11.1. The number of anilines is 1. The van der Waals surface area contributed by atoms with E-state index in [1.54, 1.807) is 0 Å². The molecule has 3 rings (SSSR count). The summed E-state index contributed by atoms with van der Waals surface area (Å²) in [6, 6.07) is 8.82. The van der Waals surface area contributed by atoms with E-state index in [0.29, 0.717) is 5.41 Å². The van der Waals surface area contributed by atoms with Crippen LogP contribution in [0.4, 0.5) is 5.69 Å². The van der Waals surface area contributed by atoms with Gasteiger partial charge in [-0.05, 0) is 49.3 Å². The summed E-state index contributed by atoms with van der Waals surface area (Å²) in [4.78, 5) is 6.80. The molecule has 2 N–H and O–H groups in total. The molecule has 1 aliphatic heterocycles. The van der Waals surface area contributed by atoms with Crippen LogP contribution in [0.2, 0.25) is 0 Å². The van der Waals surface area contributed by atoms with E-state index >= 15 is 0 Å². The minimum absolute atomic E-state index is 0. The topological polar surface area (TPSA) is 58.1 Å². The molecular formula is C23H39IN4O2. The number of benzene rings is 1. The molecule has 0 amide bonds. The van der Waals surface area contributed by atoms with Gasteiger partial charge in [0.1, 0.15) is 0 Å². The molecule has 1 heterocycles. The molecule has 0 aromatic heterocycles. The van der Waals surface area contributed by atoms with Crippen LogP contribution >= 0.6 is 24.0 Å². The van der Waals surface area contributed by atoms with E-state index in [9.17, 15) is 0 Å². The number of morpholine rings is 1. The second-order valence-electron chi connectivity index (χ2n) is 8.20. The van der Waals surface area contributed by atoms with Gasteiger partial charge in [0.2, 0.25) is 0 Å². The van der Waals surface area contributed by atoms with E-state index in [0.717, 1.165) is 65.0 Å². The van der Waals surface area contributed by atoms with Gasteiger partial charge in [-0.2, -0.15) is 0 Å². The first-order chi connectivity index (χ1) is 14.2. The standard InChI is InChI=1S/C23H38N4O2.HI/c1-3-28-15-12-23(10-4-5-11-23)19-26-22(24-2)25-18-20-6-8-21(9-7-20)27-13-16-29-17-14-27;/h6-9H,3-5,10-19H2,1-2H3,(H2,24,25,26);1H. The number of nitrogens with one attached hydrogen (secondary N) is 2. The van der Waals surface area contributed by atoms with Crippen molar-refractivity contribution < 1.29 is 9.47 Å². The fraction of sp³-hybridized carbons (Fsp3) is 0.696. The van der Waals surface area contributed by atoms with Crippen LogP contribution in [-0.2, 0) is 16.0 Å². The van der Waals surface area contributed by atoms with E-state index < -0.39 is 0 Å². The molecule has 7 heteroatoms. The lowest BCUT2D eigenvalue weighted by Crippen LogP contribution is -2.43. The van der Waals surface area contributed by atoms with Gasteiger partial charge in [-0.1, -0.05) is 25.0 Å². The maximum Gasteiger partial charge on any atom is 0.191 e. The predicted octanol–water partition coefficient (Wildman–Crippen LogP) is 3.79. The van der Waals surface area contributed by atoms with Crippen molar-refractivity contribution in [2.45, 2.75) is 45.6 Å². The van der Waals surface area contributed by atoms with Gasteiger partial charge < -0.3 is 25.0 Å². The summed E-state index contributed by atoms with van der Waals surface area (Å²) in [6.07, 6.45) is 6.36. The van der Waals surface area contributed by atoms with Gasteiger partial charge in [0, 0.05) is 52.1 Å². The second kappa shape index (κ2) is 13.4. The Hall–Kier alpha value is -1.06. The lowest BCUT2D eigenvalue weighted by Gasteiger charge is -2.30. The van der Waals surface area contributed by atoms with Gasteiger partial charge in [-0.25, -0.2) is 0 Å². The molecule has 0 unspecified atom stereocenters. The van der Waals surface area contributed by atoms with Crippen LogP contribution < -0.4 is 15.5 Å². The SMILES string of the molecule is CCOCCC1(CNC(=NC)NCc2ccc(N3CCOCC3)cc2)CCCC1.I. The van der Waals surface area contributed by atoms with Gasteiger partial charge >= 0.3 is 0 Å². The fourth-order valence-electron chi connectivity index (χ4n) is 4.40. The van der Waals surface area contributed by atoms with Crippen molar-refractivity contribution in [2.75, 3.05) is 58.0 Å². The number of aliphatic imine (C=N–C) groups is 1. The van der Waals surface area contributed by atoms with Crippen molar-refractivity contribution in [1.29, 1.82) is 0 Å². The molecule has 30 heavy (non-hydrogen) atoms. The first kappa shape index (κ1) is 25.2. The number of guanidine groups is 1. The summed E-state index contributed by atoms with van der Waals surface area (Å²) in [5, 5.41) is 7.04. The molecule has 1 saturated heterocycles. The van der Waals surface area contributed by atoms with Gasteiger partial charge in [-0.3, -0.25) is 4.99 Å². The van der Waals surface area contributed by atoms with Crippen molar-refractivity contribution in [3.05, 3.63) is 29.8 Å². The molecule has 6 nitrogen and oxygen atoms in total. The zero-order valence-electron chi connectivity index (χ0n) is 18.6. The number of rotatable bonds is 9. The summed E-state index contributed by atoms with van der Waals surface area (Å²) in [5.74, 6) is 0.880. The van der Waals surface area contributed by atoms with E-state index in [-0.39, 0.29) is 24.0 Å². The van der Waals surface area contributed by atoms with Crippen molar-refractivity contribution in [1.82, 2.24) is 10.6 Å². The molecule has 0 atom stereocenters. The highest BCUT2D eigenvalue weighted by Crippen LogP contribution is 2.40. The number of nitrogens with zero attached hydrogens (tertiary/aromatic N) is 2. The molecule has 1 aliphatic carbocycles. The fourth-order valence-corrected chi connectivity index (χ4v) is 4.40. The summed E-state index contributed by atoms with van der Waals surface area (Å²) >= 11 is 0. The quantitative estimate of drug-likeness (QED) is 0.220. The number of hydrogen-bond donors (Lipinski definition) is 2. The molecule has 170 valence electrons.